The van der Waals surface area contributed by atoms with Crippen molar-refractivity contribution in [3.63, 3.8) is 0 Å². The van der Waals surface area contributed by atoms with Gasteiger partial charge in [0, 0.05) is 23.5 Å². The number of benzene rings is 2. The van der Waals surface area contributed by atoms with Crippen LogP contribution in [0.1, 0.15) is 28.2 Å². The molecule has 0 radical (unpaired) electrons. The third kappa shape index (κ3) is 3.16. The van der Waals surface area contributed by atoms with Gasteiger partial charge in [0.15, 0.2) is 5.69 Å². The summed E-state index contributed by atoms with van der Waals surface area (Å²) in [6.45, 7) is 4.18. The standard InChI is InChI=1S/C22H20FN3O/c1-2-15-25(17-7-4-3-5-8-17)22(27)21-19-9-6-10-20(19)26(24-21)18-13-11-16(23)12-14-18/h2-5,7-8,11-14H,1,6,9-10,15H2. The molecule has 27 heavy (non-hydrogen) atoms. The summed E-state index contributed by atoms with van der Waals surface area (Å²) in [5.41, 5.74) is 4.08. The van der Waals surface area contributed by atoms with Crippen LogP contribution in [0.4, 0.5) is 10.1 Å². The summed E-state index contributed by atoms with van der Waals surface area (Å²) in [4.78, 5) is 15.0. The van der Waals surface area contributed by atoms with E-state index in [4.69, 9.17) is 0 Å². The Bertz CT molecular complexity index is 977. The summed E-state index contributed by atoms with van der Waals surface area (Å²) >= 11 is 0. The summed E-state index contributed by atoms with van der Waals surface area (Å²) < 4.78 is 15.1. The maximum absolute atomic E-state index is 13.3. The van der Waals surface area contributed by atoms with Crippen molar-refractivity contribution in [2.75, 3.05) is 11.4 Å². The highest BCUT2D eigenvalue weighted by atomic mass is 19.1. The first-order chi connectivity index (χ1) is 13.2. The molecule has 0 bridgehead atoms. The van der Waals surface area contributed by atoms with Crippen molar-refractivity contribution >= 4 is 11.6 Å². The number of nitrogens with zero attached hydrogens (tertiary/aromatic N) is 3. The molecule has 1 amide bonds. The molecule has 1 aliphatic carbocycles. The molecule has 3 aromatic rings. The monoisotopic (exact) mass is 361 g/mol. The molecule has 1 heterocycles. The fraction of sp³-hybridized carbons (Fsp3) is 0.182. The molecule has 4 rings (SSSR count). The molecular weight excluding hydrogens is 341 g/mol. The molecule has 1 aliphatic rings. The van der Waals surface area contributed by atoms with Gasteiger partial charge in [0.2, 0.25) is 0 Å². The molecule has 0 aliphatic heterocycles. The Kier molecular flexibility index (Phi) is 4.59. The number of hydrogen-bond acceptors (Lipinski definition) is 2. The molecule has 136 valence electrons. The molecular formula is C22H20FN3O. The minimum absolute atomic E-state index is 0.139. The van der Waals surface area contributed by atoms with E-state index in [1.807, 2.05) is 30.3 Å². The average molecular weight is 361 g/mol. The molecule has 0 unspecified atom stereocenters. The summed E-state index contributed by atoms with van der Waals surface area (Å²) in [5.74, 6) is -0.430. The largest absolute Gasteiger partial charge is 0.303 e. The van der Waals surface area contributed by atoms with Crippen LogP contribution >= 0.6 is 0 Å². The normalized spacial score (nSPS) is 12.6. The molecule has 1 aromatic heterocycles. The Morgan fingerprint density at radius 3 is 2.59 bits per heavy atom. The van der Waals surface area contributed by atoms with E-state index in [0.29, 0.717) is 12.2 Å². The predicted octanol–water partition coefficient (Wildman–Crippen LogP) is 4.33. The number of anilines is 1. The summed E-state index contributed by atoms with van der Waals surface area (Å²) in [5, 5.41) is 4.63. The molecule has 0 fully saturated rings. The number of carbonyl (C=O) groups excluding carboxylic acids is 1. The predicted molar refractivity (Wildman–Crippen MR) is 104 cm³/mol. The van der Waals surface area contributed by atoms with E-state index in [1.54, 1.807) is 27.8 Å². The molecule has 0 saturated heterocycles. The van der Waals surface area contributed by atoms with Crippen LogP contribution in [-0.4, -0.2) is 22.2 Å². The number of carbonyl (C=O) groups is 1. The second-order valence-corrected chi connectivity index (χ2v) is 6.56. The Morgan fingerprint density at radius 1 is 1.15 bits per heavy atom. The maximum atomic E-state index is 13.3. The minimum atomic E-state index is -0.292. The maximum Gasteiger partial charge on any atom is 0.279 e. The lowest BCUT2D eigenvalue weighted by atomic mass is 10.1. The van der Waals surface area contributed by atoms with Crippen molar-refractivity contribution in [3.05, 3.63) is 90.0 Å². The van der Waals surface area contributed by atoms with Crippen molar-refractivity contribution in [2.24, 2.45) is 0 Å². The van der Waals surface area contributed by atoms with E-state index < -0.39 is 0 Å². The van der Waals surface area contributed by atoms with Gasteiger partial charge in [-0.2, -0.15) is 5.10 Å². The van der Waals surface area contributed by atoms with Crippen molar-refractivity contribution in [3.8, 4) is 5.69 Å². The topological polar surface area (TPSA) is 38.1 Å². The van der Waals surface area contributed by atoms with Gasteiger partial charge in [0.1, 0.15) is 5.82 Å². The second-order valence-electron chi connectivity index (χ2n) is 6.56. The van der Waals surface area contributed by atoms with E-state index in [1.165, 1.54) is 12.1 Å². The highest BCUT2D eigenvalue weighted by Gasteiger charge is 2.29. The fourth-order valence-corrected chi connectivity index (χ4v) is 3.58. The van der Waals surface area contributed by atoms with E-state index in [9.17, 15) is 9.18 Å². The van der Waals surface area contributed by atoms with Crippen LogP contribution in [0.5, 0.6) is 0 Å². The summed E-state index contributed by atoms with van der Waals surface area (Å²) in [6.07, 6.45) is 4.39. The Morgan fingerprint density at radius 2 is 1.89 bits per heavy atom. The number of hydrogen-bond donors (Lipinski definition) is 0. The van der Waals surface area contributed by atoms with Crippen LogP contribution in [0, 0.1) is 5.82 Å². The first kappa shape index (κ1) is 17.2. The smallest absolute Gasteiger partial charge is 0.279 e. The van der Waals surface area contributed by atoms with Gasteiger partial charge in [-0.1, -0.05) is 24.3 Å². The lowest BCUT2D eigenvalue weighted by Crippen LogP contribution is -2.32. The van der Waals surface area contributed by atoms with Crippen molar-refractivity contribution < 1.29 is 9.18 Å². The van der Waals surface area contributed by atoms with Gasteiger partial charge in [0.05, 0.1) is 5.69 Å². The Hall–Kier alpha value is -3.21. The van der Waals surface area contributed by atoms with Crippen LogP contribution in [0.2, 0.25) is 0 Å². The van der Waals surface area contributed by atoms with Crippen molar-refractivity contribution in [2.45, 2.75) is 19.3 Å². The lowest BCUT2D eigenvalue weighted by Gasteiger charge is -2.20. The number of para-hydroxylation sites is 1. The zero-order valence-electron chi connectivity index (χ0n) is 14.9. The Labute approximate surface area is 157 Å². The van der Waals surface area contributed by atoms with Crippen LogP contribution < -0.4 is 4.90 Å². The third-order valence-corrected chi connectivity index (χ3v) is 4.83. The molecule has 0 spiro atoms. The quantitative estimate of drug-likeness (QED) is 0.634. The molecule has 4 nitrogen and oxygen atoms in total. The van der Waals surface area contributed by atoms with Gasteiger partial charge in [-0.25, -0.2) is 9.07 Å². The van der Waals surface area contributed by atoms with E-state index in [-0.39, 0.29) is 11.7 Å². The lowest BCUT2D eigenvalue weighted by molar-refractivity contribution is 0.0983. The van der Waals surface area contributed by atoms with Gasteiger partial charge in [-0.3, -0.25) is 4.79 Å². The van der Waals surface area contributed by atoms with E-state index in [2.05, 4.69) is 11.7 Å². The van der Waals surface area contributed by atoms with Gasteiger partial charge in [-0.05, 0) is 55.7 Å². The van der Waals surface area contributed by atoms with E-state index >= 15 is 0 Å². The minimum Gasteiger partial charge on any atom is -0.303 e. The fourth-order valence-electron chi connectivity index (χ4n) is 3.58. The zero-order chi connectivity index (χ0) is 18.8. The average Bonchev–Trinajstić information content (AvgIpc) is 3.30. The number of amides is 1. The first-order valence-corrected chi connectivity index (χ1v) is 9.03. The summed E-state index contributed by atoms with van der Waals surface area (Å²) in [7, 11) is 0. The third-order valence-electron chi connectivity index (χ3n) is 4.83. The molecule has 2 aromatic carbocycles. The second kappa shape index (κ2) is 7.19. The number of aromatic nitrogens is 2. The van der Waals surface area contributed by atoms with Crippen LogP contribution in [0.3, 0.4) is 0 Å². The van der Waals surface area contributed by atoms with Crippen molar-refractivity contribution in [1.82, 2.24) is 9.78 Å². The highest BCUT2D eigenvalue weighted by Crippen LogP contribution is 2.29. The number of halogens is 1. The Balaban J connectivity index is 1.77. The first-order valence-electron chi connectivity index (χ1n) is 9.03. The van der Waals surface area contributed by atoms with Gasteiger partial charge in [-0.15, -0.1) is 6.58 Å². The van der Waals surface area contributed by atoms with Gasteiger partial charge < -0.3 is 4.90 Å². The SMILES string of the molecule is C=CCN(C(=O)c1nn(-c2ccc(F)cc2)c2c1CCC2)c1ccccc1. The van der Waals surface area contributed by atoms with Crippen LogP contribution in [0.15, 0.2) is 67.3 Å². The van der Waals surface area contributed by atoms with E-state index in [0.717, 1.165) is 41.9 Å². The van der Waals surface area contributed by atoms with Gasteiger partial charge in [0.25, 0.3) is 5.91 Å². The molecule has 0 atom stereocenters. The van der Waals surface area contributed by atoms with Crippen molar-refractivity contribution in [1.29, 1.82) is 0 Å². The van der Waals surface area contributed by atoms with Crippen LogP contribution in [-0.2, 0) is 12.8 Å². The highest BCUT2D eigenvalue weighted by molar-refractivity contribution is 6.06. The van der Waals surface area contributed by atoms with Crippen LogP contribution in [0.25, 0.3) is 5.69 Å². The number of fused-ring (bicyclic) bond motifs is 1. The molecule has 0 N–H and O–H groups in total. The zero-order valence-corrected chi connectivity index (χ0v) is 14.9. The summed E-state index contributed by atoms with van der Waals surface area (Å²) in [6, 6.07) is 15.7. The molecule has 5 heteroatoms. The molecule has 0 saturated carbocycles. The number of rotatable bonds is 5. The van der Waals surface area contributed by atoms with Gasteiger partial charge >= 0.3 is 0 Å².